The number of nitrogens with two attached hydrogens (primary N) is 1. The largest absolute Gasteiger partial charge is 0.468 e. The van der Waals surface area contributed by atoms with Crippen molar-refractivity contribution in [2.75, 3.05) is 27.2 Å². The average molecular weight is 251 g/mol. The van der Waals surface area contributed by atoms with Crippen LogP contribution in [0.15, 0.2) is 24.4 Å². The van der Waals surface area contributed by atoms with Gasteiger partial charge in [-0.25, -0.2) is 0 Å². The third-order valence-corrected chi connectivity index (χ3v) is 2.80. The first-order valence-corrected chi connectivity index (χ1v) is 6.05. The summed E-state index contributed by atoms with van der Waals surface area (Å²) < 4.78 is 4.58. The lowest BCUT2D eigenvalue weighted by Crippen LogP contribution is -2.35. The van der Waals surface area contributed by atoms with Crippen LogP contribution in [0.25, 0.3) is 0 Å². The van der Waals surface area contributed by atoms with Crippen molar-refractivity contribution >= 4 is 5.97 Å². The van der Waals surface area contributed by atoms with Crippen molar-refractivity contribution in [2.24, 2.45) is 5.73 Å². The van der Waals surface area contributed by atoms with Crippen molar-refractivity contribution in [2.45, 2.75) is 18.9 Å². The fourth-order valence-electron chi connectivity index (χ4n) is 1.59. The summed E-state index contributed by atoms with van der Waals surface area (Å²) in [6.45, 7) is 1.66. The maximum absolute atomic E-state index is 11.1. The minimum Gasteiger partial charge on any atom is -0.468 e. The van der Waals surface area contributed by atoms with E-state index in [0.717, 1.165) is 25.2 Å². The zero-order valence-electron chi connectivity index (χ0n) is 11.0. The van der Waals surface area contributed by atoms with Crippen molar-refractivity contribution in [1.82, 2.24) is 9.88 Å². The third-order valence-electron chi connectivity index (χ3n) is 2.80. The van der Waals surface area contributed by atoms with Crippen molar-refractivity contribution in [1.29, 1.82) is 0 Å². The van der Waals surface area contributed by atoms with E-state index in [2.05, 4.69) is 14.6 Å². The molecule has 18 heavy (non-hydrogen) atoms. The highest BCUT2D eigenvalue weighted by atomic mass is 16.5. The molecule has 100 valence electrons. The minimum atomic E-state index is -0.535. The molecule has 0 fully saturated rings. The Morgan fingerprint density at radius 1 is 1.50 bits per heavy atom. The Morgan fingerprint density at radius 3 is 2.89 bits per heavy atom. The summed E-state index contributed by atoms with van der Waals surface area (Å²) in [5, 5.41) is 0. The standard InChI is InChI=1S/C13H21N3O2/c1-16(10-7-12(14)13(17)18-2)9-6-11-5-3-4-8-15-11/h3-5,8,12H,6-7,9-10,14H2,1-2H3. The fourth-order valence-corrected chi connectivity index (χ4v) is 1.59. The van der Waals surface area contributed by atoms with E-state index >= 15 is 0 Å². The number of carbonyl (C=O) groups excluding carboxylic acids is 1. The van der Waals surface area contributed by atoms with Gasteiger partial charge in [0.1, 0.15) is 6.04 Å². The zero-order chi connectivity index (χ0) is 13.4. The minimum absolute atomic E-state index is 0.354. The summed E-state index contributed by atoms with van der Waals surface area (Å²) in [4.78, 5) is 17.5. The second kappa shape index (κ2) is 7.79. The number of nitrogens with zero attached hydrogens (tertiary/aromatic N) is 2. The number of likely N-dealkylation sites (N-methyl/N-ethyl adjacent to an activating group) is 1. The molecular weight excluding hydrogens is 230 g/mol. The van der Waals surface area contributed by atoms with Crippen LogP contribution in [0.5, 0.6) is 0 Å². The summed E-state index contributed by atoms with van der Waals surface area (Å²) in [6.07, 6.45) is 3.29. The van der Waals surface area contributed by atoms with Gasteiger partial charge in [-0.15, -0.1) is 0 Å². The molecule has 0 aliphatic carbocycles. The molecule has 1 rings (SSSR count). The summed E-state index contributed by atoms with van der Waals surface area (Å²) in [5.74, 6) is -0.354. The van der Waals surface area contributed by atoms with Gasteiger partial charge < -0.3 is 15.4 Å². The van der Waals surface area contributed by atoms with Gasteiger partial charge in [0.25, 0.3) is 0 Å². The Bertz CT molecular complexity index is 357. The number of carbonyl (C=O) groups is 1. The van der Waals surface area contributed by atoms with Crippen LogP contribution in [0, 0.1) is 0 Å². The highest BCUT2D eigenvalue weighted by molar-refractivity contribution is 5.75. The molecule has 1 unspecified atom stereocenters. The van der Waals surface area contributed by atoms with Crippen LogP contribution in [0.4, 0.5) is 0 Å². The van der Waals surface area contributed by atoms with Crippen molar-refractivity contribution < 1.29 is 9.53 Å². The van der Waals surface area contributed by atoms with Gasteiger partial charge in [0, 0.05) is 24.9 Å². The molecule has 5 nitrogen and oxygen atoms in total. The second-order valence-corrected chi connectivity index (χ2v) is 4.29. The lowest BCUT2D eigenvalue weighted by Gasteiger charge is -2.18. The Labute approximate surface area is 108 Å². The van der Waals surface area contributed by atoms with Crippen LogP contribution >= 0.6 is 0 Å². The molecule has 5 heteroatoms. The molecule has 1 atom stereocenters. The number of hydrogen-bond donors (Lipinski definition) is 1. The number of hydrogen-bond acceptors (Lipinski definition) is 5. The number of rotatable bonds is 7. The Hall–Kier alpha value is -1.46. The quantitative estimate of drug-likeness (QED) is 0.712. The van der Waals surface area contributed by atoms with Gasteiger partial charge >= 0.3 is 5.97 Å². The van der Waals surface area contributed by atoms with Gasteiger partial charge in [-0.2, -0.15) is 0 Å². The molecule has 0 saturated heterocycles. The van der Waals surface area contributed by atoms with E-state index in [0.29, 0.717) is 6.42 Å². The summed E-state index contributed by atoms with van der Waals surface area (Å²) in [7, 11) is 3.36. The van der Waals surface area contributed by atoms with Gasteiger partial charge in [0.15, 0.2) is 0 Å². The first-order chi connectivity index (χ1) is 8.63. The molecular formula is C13H21N3O2. The Balaban J connectivity index is 2.22. The fraction of sp³-hybridized carbons (Fsp3) is 0.538. The average Bonchev–Trinajstić information content (AvgIpc) is 2.42. The summed E-state index contributed by atoms with van der Waals surface area (Å²) in [5.41, 5.74) is 6.74. The number of esters is 1. The Kier molecular flexibility index (Phi) is 6.32. The van der Waals surface area contributed by atoms with Crippen LogP contribution < -0.4 is 5.73 Å². The van der Waals surface area contributed by atoms with Crippen molar-refractivity contribution in [3.8, 4) is 0 Å². The van der Waals surface area contributed by atoms with E-state index in [1.807, 2.05) is 25.2 Å². The molecule has 1 aromatic heterocycles. The van der Waals surface area contributed by atoms with Crippen LogP contribution in [0.2, 0.25) is 0 Å². The van der Waals surface area contributed by atoms with E-state index in [4.69, 9.17) is 5.73 Å². The van der Waals surface area contributed by atoms with Crippen molar-refractivity contribution in [3.63, 3.8) is 0 Å². The predicted molar refractivity (Wildman–Crippen MR) is 70.0 cm³/mol. The van der Waals surface area contributed by atoms with Crippen LogP contribution in [0.1, 0.15) is 12.1 Å². The molecule has 1 aromatic rings. The Morgan fingerprint density at radius 2 is 2.28 bits per heavy atom. The van der Waals surface area contributed by atoms with Gasteiger partial charge in [-0.3, -0.25) is 9.78 Å². The van der Waals surface area contributed by atoms with Crippen LogP contribution in [0.3, 0.4) is 0 Å². The molecule has 0 aromatic carbocycles. The molecule has 0 bridgehead atoms. The molecule has 0 radical (unpaired) electrons. The monoisotopic (exact) mass is 251 g/mol. The summed E-state index contributed by atoms with van der Waals surface area (Å²) in [6, 6.07) is 5.36. The lowest BCUT2D eigenvalue weighted by atomic mass is 10.2. The van der Waals surface area contributed by atoms with E-state index in [1.54, 1.807) is 6.20 Å². The SMILES string of the molecule is COC(=O)C(N)CCN(C)CCc1ccccn1. The van der Waals surface area contributed by atoms with Crippen LogP contribution in [-0.4, -0.2) is 49.1 Å². The molecule has 0 aliphatic heterocycles. The van der Waals surface area contributed by atoms with E-state index in [1.165, 1.54) is 7.11 Å². The maximum atomic E-state index is 11.1. The van der Waals surface area contributed by atoms with E-state index in [-0.39, 0.29) is 5.97 Å². The number of pyridine rings is 1. The molecule has 1 heterocycles. The van der Waals surface area contributed by atoms with E-state index in [9.17, 15) is 4.79 Å². The molecule has 2 N–H and O–H groups in total. The maximum Gasteiger partial charge on any atom is 0.322 e. The third kappa shape index (κ3) is 5.25. The first-order valence-electron chi connectivity index (χ1n) is 6.05. The number of aromatic nitrogens is 1. The smallest absolute Gasteiger partial charge is 0.322 e. The number of ether oxygens (including phenoxy) is 1. The van der Waals surface area contributed by atoms with Gasteiger partial charge in [0.05, 0.1) is 7.11 Å². The molecule has 0 spiro atoms. The second-order valence-electron chi connectivity index (χ2n) is 4.29. The highest BCUT2D eigenvalue weighted by Crippen LogP contribution is 1.99. The summed E-state index contributed by atoms with van der Waals surface area (Å²) >= 11 is 0. The van der Waals surface area contributed by atoms with Gasteiger partial charge in [0.2, 0.25) is 0 Å². The van der Waals surface area contributed by atoms with Crippen LogP contribution in [-0.2, 0) is 16.0 Å². The topological polar surface area (TPSA) is 68.5 Å². The molecule has 0 amide bonds. The highest BCUT2D eigenvalue weighted by Gasteiger charge is 2.13. The number of methoxy groups -OCH3 is 1. The van der Waals surface area contributed by atoms with Crippen molar-refractivity contribution in [3.05, 3.63) is 30.1 Å². The molecule has 0 saturated carbocycles. The van der Waals surface area contributed by atoms with Gasteiger partial charge in [-0.1, -0.05) is 6.07 Å². The normalized spacial score (nSPS) is 12.4. The predicted octanol–water partition coefficient (Wildman–Crippen LogP) is 0.446. The van der Waals surface area contributed by atoms with Gasteiger partial charge in [-0.05, 0) is 32.1 Å². The molecule has 0 aliphatic rings. The first kappa shape index (κ1) is 14.6. The van der Waals surface area contributed by atoms with E-state index < -0.39 is 6.04 Å². The zero-order valence-corrected chi connectivity index (χ0v) is 11.0. The lowest BCUT2D eigenvalue weighted by molar-refractivity contribution is -0.142.